The summed E-state index contributed by atoms with van der Waals surface area (Å²) < 4.78 is 25.3. The van der Waals surface area contributed by atoms with Crippen molar-refractivity contribution in [2.24, 2.45) is 0 Å². The summed E-state index contributed by atoms with van der Waals surface area (Å²) in [6, 6.07) is 1.40. The van der Waals surface area contributed by atoms with Crippen LogP contribution < -0.4 is 5.23 Å². The van der Waals surface area contributed by atoms with Crippen LogP contribution in [0.3, 0.4) is 0 Å². The largest absolute Gasteiger partial charge is 0.595 e. The molecule has 0 radical (unpaired) electrons. The van der Waals surface area contributed by atoms with Gasteiger partial charge in [0.25, 0.3) is 0 Å². The van der Waals surface area contributed by atoms with Crippen molar-refractivity contribution in [1.29, 1.82) is 0 Å². The Kier molecular flexibility index (Phi) is 2.73. The second-order valence-corrected chi connectivity index (χ2v) is 2.91. The lowest BCUT2D eigenvalue weighted by Gasteiger charge is -2.12. The van der Waals surface area contributed by atoms with Crippen LogP contribution in [0.1, 0.15) is 0 Å². The average Bonchev–Trinajstić information content (AvgIpc) is 1.96. The predicted molar refractivity (Wildman–Crippen MR) is 39.8 cm³/mol. The summed E-state index contributed by atoms with van der Waals surface area (Å²) in [4.78, 5) is 0. The lowest BCUT2D eigenvalue weighted by molar-refractivity contribution is -0.992. The SMILES string of the molecule is [O-][NH+](O)c1cc(F)c(Br)cc1F. The number of rotatable bonds is 1. The van der Waals surface area contributed by atoms with E-state index in [1.807, 2.05) is 0 Å². The summed E-state index contributed by atoms with van der Waals surface area (Å²) in [6.45, 7) is 0. The molecule has 0 aliphatic rings. The molecule has 6 heteroatoms. The monoisotopic (exact) mass is 239 g/mol. The third kappa shape index (κ3) is 1.78. The first-order valence-corrected chi connectivity index (χ1v) is 3.69. The van der Waals surface area contributed by atoms with Gasteiger partial charge in [0.1, 0.15) is 5.82 Å². The van der Waals surface area contributed by atoms with E-state index in [1.54, 1.807) is 0 Å². The molecule has 1 aromatic rings. The molecule has 0 aromatic heterocycles. The van der Waals surface area contributed by atoms with E-state index in [0.717, 1.165) is 6.07 Å². The molecular weight excluding hydrogens is 236 g/mol. The van der Waals surface area contributed by atoms with Crippen LogP contribution in [0.25, 0.3) is 0 Å². The van der Waals surface area contributed by atoms with Gasteiger partial charge in [-0.2, -0.15) is 5.23 Å². The molecule has 1 atom stereocenters. The molecule has 12 heavy (non-hydrogen) atoms. The first-order valence-electron chi connectivity index (χ1n) is 2.90. The molecule has 0 aliphatic carbocycles. The van der Waals surface area contributed by atoms with Gasteiger partial charge < -0.3 is 5.21 Å². The van der Waals surface area contributed by atoms with Gasteiger partial charge in [-0.3, -0.25) is 0 Å². The molecule has 3 nitrogen and oxygen atoms in total. The number of hydrogen-bond acceptors (Lipinski definition) is 2. The van der Waals surface area contributed by atoms with Crippen molar-refractivity contribution in [2.75, 3.05) is 0 Å². The van der Waals surface area contributed by atoms with Crippen LogP contribution in [0.5, 0.6) is 0 Å². The van der Waals surface area contributed by atoms with Gasteiger partial charge in [0.15, 0.2) is 5.82 Å². The molecule has 0 spiro atoms. The Morgan fingerprint density at radius 2 is 1.92 bits per heavy atom. The molecule has 0 fully saturated rings. The summed E-state index contributed by atoms with van der Waals surface area (Å²) in [7, 11) is 0. The van der Waals surface area contributed by atoms with Crippen LogP contribution in [-0.4, -0.2) is 5.21 Å². The van der Waals surface area contributed by atoms with Gasteiger partial charge >= 0.3 is 0 Å². The zero-order valence-electron chi connectivity index (χ0n) is 5.64. The van der Waals surface area contributed by atoms with Crippen molar-refractivity contribution in [3.05, 3.63) is 33.4 Å². The highest BCUT2D eigenvalue weighted by Crippen LogP contribution is 2.20. The molecule has 66 valence electrons. The molecule has 1 unspecified atom stereocenters. The normalized spacial score (nSPS) is 13.1. The first kappa shape index (κ1) is 9.53. The zero-order chi connectivity index (χ0) is 9.30. The van der Waals surface area contributed by atoms with Gasteiger partial charge in [-0.1, -0.05) is 0 Å². The summed E-state index contributed by atoms with van der Waals surface area (Å²) >= 11 is 2.72. The number of quaternary nitrogens is 1. The lowest BCUT2D eigenvalue weighted by Crippen LogP contribution is -2.99. The van der Waals surface area contributed by atoms with Gasteiger partial charge in [-0.25, -0.2) is 14.0 Å². The fourth-order valence-electron chi connectivity index (χ4n) is 0.686. The zero-order valence-corrected chi connectivity index (χ0v) is 7.23. The van der Waals surface area contributed by atoms with E-state index in [2.05, 4.69) is 15.9 Å². The maximum absolute atomic E-state index is 12.7. The summed E-state index contributed by atoms with van der Waals surface area (Å²) in [5.41, 5.74) is -0.671. The average molecular weight is 240 g/mol. The van der Waals surface area contributed by atoms with E-state index in [9.17, 15) is 14.0 Å². The van der Waals surface area contributed by atoms with E-state index in [1.165, 1.54) is 0 Å². The molecule has 1 aromatic carbocycles. The first-order chi connectivity index (χ1) is 5.52. The van der Waals surface area contributed by atoms with Gasteiger partial charge in [0.05, 0.1) is 4.47 Å². The molecular formula is C6H4BrF2NO2. The van der Waals surface area contributed by atoms with E-state index < -0.39 is 22.5 Å². The fraction of sp³-hybridized carbons (Fsp3) is 0. The quantitative estimate of drug-likeness (QED) is 0.571. The Balaban J connectivity index is 3.23. The highest BCUT2D eigenvalue weighted by atomic mass is 79.9. The number of hydrogen-bond donors (Lipinski definition) is 2. The lowest BCUT2D eigenvalue weighted by atomic mass is 10.3. The minimum atomic E-state index is -1.49. The number of halogens is 3. The fourth-order valence-corrected chi connectivity index (χ4v) is 1.00. The van der Waals surface area contributed by atoms with Crippen LogP contribution in [-0.2, 0) is 0 Å². The third-order valence-corrected chi connectivity index (χ3v) is 1.85. The van der Waals surface area contributed by atoms with Crippen molar-refractivity contribution in [2.45, 2.75) is 0 Å². The molecule has 0 saturated carbocycles. The molecule has 0 saturated heterocycles. The van der Waals surface area contributed by atoms with Crippen molar-refractivity contribution >= 4 is 21.6 Å². The van der Waals surface area contributed by atoms with Crippen molar-refractivity contribution in [1.82, 2.24) is 0 Å². The van der Waals surface area contributed by atoms with Crippen LogP contribution in [0.2, 0.25) is 0 Å². The Hall–Kier alpha value is -0.560. The maximum atomic E-state index is 12.7. The summed E-state index contributed by atoms with van der Waals surface area (Å²) in [5, 5.41) is 17.1. The molecule has 0 aliphatic heterocycles. The van der Waals surface area contributed by atoms with Gasteiger partial charge in [-0.15, -0.1) is 0 Å². The minimum Gasteiger partial charge on any atom is -0.595 e. The van der Waals surface area contributed by atoms with Gasteiger partial charge in [0.2, 0.25) is 5.69 Å². The van der Waals surface area contributed by atoms with E-state index in [-0.39, 0.29) is 4.47 Å². The molecule has 0 bridgehead atoms. The van der Waals surface area contributed by atoms with Crippen LogP contribution in [0.15, 0.2) is 16.6 Å². The van der Waals surface area contributed by atoms with Crippen molar-refractivity contribution in [3.63, 3.8) is 0 Å². The number of benzene rings is 1. The number of nitrogens with one attached hydrogen (secondary N) is 1. The summed E-state index contributed by atoms with van der Waals surface area (Å²) in [5.74, 6) is -1.76. The van der Waals surface area contributed by atoms with Crippen LogP contribution in [0, 0.1) is 16.8 Å². The predicted octanol–water partition coefficient (Wildman–Crippen LogP) is 1.13. The van der Waals surface area contributed by atoms with Crippen LogP contribution in [0.4, 0.5) is 14.5 Å². The second kappa shape index (κ2) is 3.44. The molecule has 0 heterocycles. The third-order valence-electron chi connectivity index (χ3n) is 1.24. The van der Waals surface area contributed by atoms with E-state index in [0.29, 0.717) is 6.07 Å². The molecule has 2 N–H and O–H groups in total. The van der Waals surface area contributed by atoms with Crippen LogP contribution >= 0.6 is 15.9 Å². The Bertz CT molecular complexity index is 306. The standard InChI is InChI=1S/C6H4BrF2NO2/c7-3-1-5(9)6(10(11)12)2-4(3)8/h1-2,10-11H. The highest BCUT2D eigenvalue weighted by molar-refractivity contribution is 9.10. The Morgan fingerprint density at radius 3 is 2.42 bits per heavy atom. The Morgan fingerprint density at radius 1 is 1.33 bits per heavy atom. The molecule has 1 rings (SSSR count). The van der Waals surface area contributed by atoms with Crippen molar-refractivity contribution in [3.8, 4) is 0 Å². The van der Waals surface area contributed by atoms with Gasteiger partial charge in [-0.05, 0) is 22.0 Å². The topological polar surface area (TPSA) is 47.7 Å². The van der Waals surface area contributed by atoms with E-state index in [4.69, 9.17) is 5.21 Å². The molecule has 0 amide bonds. The highest BCUT2D eigenvalue weighted by Gasteiger charge is 2.12. The summed E-state index contributed by atoms with van der Waals surface area (Å²) in [6.07, 6.45) is 0. The minimum absolute atomic E-state index is 0.0926. The van der Waals surface area contributed by atoms with Gasteiger partial charge in [0, 0.05) is 6.07 Å². The van der Waals surface area contributed by atoms with Crippen molar-refractivity contribution < 1.29 is 19.2 Å². The second-order valence-electron chi connectivity index (χ2n) is 2.05. The smallest absolute Gasteiger partial charge is 0.202 e. The maximum Gasteiger partial charge on any atom is 0.202 e. The van der Waals surface area contributed by atoms with E-state index >= 15 is 0 Å². The Labute approximate surface area is 74.9 Å².